The van der Waals surface area contributed by atoms with Gasteiger partial charge in [0.1, 0.15) is 24.7 Å². The van der Waals surface area contributed by atoms with Crippen LogP contribution in [0.5, 0.6) is 11.5 Å². The van der Waals surface area contributed by atoms with Crippen molar-refractivity contribution in [1.29, 1.82) is 0 Å². The summed E-state index contributed by atoms with van der Waals surface area (Å²) in [6.07, 6.45) is 0. The number of ether oxygens (including phenoxy) is 2. The standard InChI is InChI=1S/C12H19NO3/c1-12(2,14)9-16-11-5-3-4-10(8-11)15-7-6-13/h3-5,8,14H,6-7,9,13H2,1-2H3. The first-order valence-corrected chi connectivity index (χ1v) is 5.29. The van der Waals surface area contributed by atoms with Gasteiger partial charge >= 0.3 is 0 Å². The average molecular weight is 225 g/mol. The maximum Gasteiger partial charge on any atom is 0.123 e. The van der Waals surface area contributed by atoms with Gasteiger partial charge in [0.05, 0.1) is 5.60 Å². The fraction of sp³-hybridized carbons (Fsp3) is 0.500. The summed E-state index contributed by atoms with van der Waals surface area (Å²) >= 11 is 0. The van der Waals surface area contributed by atoms with Crippen molar-refractivity contribution in [3.63, 3.8) is 0 Å². The molecule has 0 radical (unpaired) electrons. The number of nitrogens with two attached hydrogens (primary N) is 1. The number of benzene rings is 1. The second-order valence-corrected chi connectivity index (χ2v) is 4.21. The van der Waals surface area contributed by atoms with Gasteiger partial charge in [-0.1, -0.05) is 6.07 Å². The highest BCUT2D eigenvalue weighted by Crippen LogP contribution is 2.20. The lowest BCUT2D eigenvalue weighted by molar-refractivity contribution is 0.0284. The lowest BCUT2D eigenvalue weighted by Gasteiger charge is -2.18. The molecule has 0 saturated carbocycles. The van der Waals surface area contributed by atoms with Crippen molar-refractivity contribution >= 4 is 0 Å². The van der Waals surface area contributed by atoms with E-state index in [1.54, 1.807) is 19.9 Å². The Kier molecular flexibility index (Phi) is 4.58. The number of aliphatic hydroxyl groups is 1. The van der Waals surface area contributed by atoms with Gasteiger partial charge in [0.25, 0.3) is 0 Å². The molecule has 1 aromatic carbocycles. The fourth-order valence-corrected chi connectivity index (χ4v) is 1.09. The van der Waals surface area contributed by atoms with Crippen LogP contribution in [0.15, 0.2) is 24.3 Å². The normalized spacial score (nSPS) is 11.2. The van der Waals surface area contributed by atoms with E-state index in [-0.39, 0.29) is 6.61 Å². The molecule has 0 aliphatic heterocycles. The molecule has 4 heteroatoms. The molecule has 0 bridgehead atoms. The summed E-state index contributed by atoms with van der Waals surface area (Å²) in [5.41, 5.74) is 4.50. The molecular weight excluding hydrogens is 206 g/mol. The van der Waals surface area contributed by atoms with E-state index in [2.05, 4.69) is 0 Å². The summed E-state index contributed by atoms with van der Waals surface area (Å²) in [6.45, 7) is 4.60. The van der Waals surface area contributed by atoms with E-state index in [4.69, 9.17) is 15.2 Å². The molecule has 16 heavy (non-hydrogen) atoms. The summed E-state index contributed by atoms with van der Waals surface area (Å²) < 4.78 is 10.8. The molecule has 4 nitrogen and oxygen atoms in total. The second-order valence-electron chi connectivity index (χ2n) is 4.21. The van der Waals surface area contributed by atoms with Gasteiger partial charge in [0.2, 0.25) is 0 Å². The summed E-state index contributed by atoms with van der Waals surface area (Å²) in [5, 5.41) is 9.52. The molecule has 0 amide bonds. The van der Waals surface area contributed by atoms with E-state index in [0.29, 0.717) is 18.9 Å². The molecule has 0 aliphatic rings. The quantitative estimate of drug-likeness (QED) is 0.763. The third-order valence-electron chi connectivity index (χ3n) is 1.78. The molecule has 1 aromatic rings. The predicted octanol–water partition coefficient (Wildman–Crippen LogP) is 1.17. The van der Waals surface area contributed by atoms with Crippen molar-refractivity contribution in [1.82, 2.24) is 0 Å². The molecule has 90 valence electrons. The van der Waals surface area contributed by atoms with Gasteiger partial charge in [0.15, 0.2) is 0 Å². The topological polar surface area (TPSA) is 64.7 Å². The first-order valence-electron chi connectivity index (χ1n) is 5.29. The van der Waals surface area contributed by atoms with Crippen LogP contribution in [0.1, 0.15) is 13.8 Å². The Labute approximate surface area is 96.0 Å². The Bertz CT molecular complexity index is 320. The van der Waals surface area contributed by atoms with Gasteiger partial charge in [-0.25, -0.2) is 0 Å². The van der Waals surface area contributed by atoms with Gasteiger partial charge in [-0.15, -0.1) is 0 Å². The zero-order valence-electron chi connectivity index (χ0n) is 9.77. The number of hydrogen-bond acceptors (Lipinski definition) is 4. The largest absolute Gasteiger partial charge is 0.492 e. The van der Waals surface area contributed by atoms with Crippen molar-refractivity contribution in [2.75, 3.05) is 19.8 Å². The van der Waals surface area contributed by atoms with Crippen LogP contribution < -0.4 is 15.2 Å². The van der Waals surface area contributed by atoms with Crippen LogP contribution in [0, 0.1) is 0 Å². The summed E-state index contributed by atoms with van der Waals surface area (Å²) in [5.74, 6) is 1.40. The minimum atomic E-state index is -0.839. The zero-order valence-corrected chi connectivity index (χ0v) is 9.77. The molecule has 0 atom stereocenters. The predicted molar refractivity (Wildman–Crippen MR) is 62.8 cm³/mol. The molecule has 0 unspecified atom stereocenters. The monoisotopic (exact) mass is 225 g/mol. The van der Waals surface area contributed by atoms with Crippen LogP contribution in [0.3, 0.4) is 0 Å². The fourth-order valence-electron chi connectivity index (χ4n) is 1.09. The Hall–Kier alpha value is -1.26. The zero-order chi connectivity index (χ0) is 12.0. The minimum Gasteiger partial charge on any atom is -0.492 e. The minimum absolute atomic E-state index is 0.243. The van der Waals surface area contributed by atoms with Crippen molar-refractivity contribution in [2.24, 2.45) is 5.73 Å². The summed E-state index contributed by atoms with van der Waals surface area (Å²) in [4.78, 5) is 0. The summed E-state index contributed by atoms with van der Waals surface area (Å²) in [7, 11) is 0. The Morgan fingerprint density at radius 3 is 2.44 bits per heavy atom. The molecule has 0 aliphatic carbocycles. The highest BCUT2D eigenvalue weighted by Gasteiger charge is 2.13. The Balaban J connectivity index is 2.53. The Morgan fingerprint density at radius 1 is 1.25 bits per heavy atom. The first kappa shape index (κ1) is 12.8. The first-order chi connectivity index (χ1) is 7.51. The molecule has 1 rings (SSSR count). The summed E-state index contributed by atoms with van der Waals surface area (Å²) in [6, 6.07) is 7.28. The van der Waals surface area contributed by atoms with E-state index in [1.807, 2.05) is 18.2 Å². The van der Waals surface area contributed by atoms with E-state index in [0.717, 1.165) is 5.75 Å². The van der Waals surface area contributed by atoms with Crippen LogP contribution >= 0.6 is 0 Å². The highest BCUT2D eigenvalue weighted by atomic mass is 16.5. The molecule has 0 spiro atoms. The molecular formula is C12H19NO3. The van der Waals surface area contributed by atoms with Crippen LogP contribution in [0.2, 0.25) is 0 Å². The van der Waals surface area contributed by atoms with E-state index in [1.165, 1.54) is 0 Å². The molecule has 0 heterocycles. The van der Waals surface area contributed by atoms with Gasteiger partial charge < -0.3 is 20.3 Å². The molecule has 0 saturated heterocycles. The average Bonchev–Trinajstić information content (AvgIpc) is 2.23. The van der Waals surface area contributed by atoms with Crippen LogP contribution in [-0.4, -0.2) is 30.5 Å². The van der Waals surface area contributed by atoms with Gasteiger partial charge in [-0.05, 0) is 26.0 Å². The lowest BCUT2D eigenvalue weighted by Crippen LogP contribution is -2.27. The van der Waals surface area contributed by atoms with Gasteiger partial charge in [0, 0.05) is 12.6 Å². The van der Waals surface area contributed by atoms with Crippen LogP contribution in [-0.2, 0) is 0 Å². The van der Waals surface area contributed by atoms with E-state index >= 15 is 0 Å². The third-order valence-corrected chi connectivity index (χ3v) is 1.78. The highest BCUT2D eigenvalue weighted by molar-refractivity contribution is 5.32. The smallest absolute Gasteiger partial charge is 0.123 e. The molecule has 0 aromatic heterocycles. The second kappa shape index (κ2) is 5.72. The van der Waals surface area contributed by atoms with Gasteiger partial charge in [-0.3, -0.25) is 0 Å². The number of rotatable bonds is 6. The van der Waals surface area contributed by atoms with E-state index < -0.39 is 5.60 Å². The number of hydrogen-bond donors (Lipinski definition) is 2. The van der Waals surface area contributed by atoms with E-state index in [9.17, 15) is 5.11 Å². The van der Waals surface area contributed by atoms with Crippen molar-refractivity contribution < 1.29 is 14.6 Å². The maximum absolute atomic E-state index is 9.52. The SMILES string of the molecule is CC(C)(O)COc1cccc(OCCN)c1. The molecule has 0 fully saturated rings. The van der Waals surface area contributed by atoms with Crippen molar-refractivity contribution in [3.8, 4) is 11.5 Å². The van der Waals surface area contributed by atoms with Crippen molar-refractivity contribution in [3.05, 3.63) is 24.3 Å². The maximum atomic E-state index is 9.52. The lowest BCUT2D eigenvalue weighted by atomic mass is 10.2. The Morgan fingerprint density at radius 2 is 1.88 bits per heavy atom. The third kappa shape index (κ3) is 5.00. The molecule has 3 N–H and O–H groups in total. The van der Waals surface area contributed by atoms with Crippen molar-refractivity contribution in [2.45, 2.75) is 19.4 Å². The van der Waals surface area contributed by atoms with Crippen LogP contribution in [0.4, 0.5) is 0 Å². The van der Waals surface area contributed by atoms with Gasteiger partial charge in [-0.2, -0.15) is 0 Å². The van der Waals surface area contributed by atoms with Crippen LogP contribution in [0.25, 0.3) is 0 Å².